The van der Waals surface area contributed by atoms with Crippen molar-refractivity contribution < 1.29 is 31.1 Å². The molecule has 3 rings (SSSR count). The van der Waals surface area contributed by atoms with Gasteiger partial charge in [-0.2, -0.15) is 0 Å². The molecule has 0 heterocycles. The normalized spacial score (nSPS) is 25.8. The highest BCUT2D eigenvalue weighted by Crippen LogP contribution is 2.41. The van der Waals surface area contributed by atoms with E-state index in [4.69, 9.17) is 0 Å². The van der Waals surface area contributed by atoms with Crippen LogP contribution in [0.1, 0.15) is 101 Å². The quantitative estimate of drug-likeness (QED) is 0.166. The van der Waals surface area contributed by atoms with Crippen LogP contribution in [0.15, 0.2) is 24.3 Å². The molecule has 7 heteroatoms. The van der Waals surface area contributed by atoms with Gasteiger partial charge in [0.15, 0.2) is 11.6 Å². The first-order valence-corrected chi connectivity index (χ1v) is 13.2. The van der Waals surface area contributed by atoms with Crippen LogP contribution in [0.25, 0.3) is 0 Å². The van der Waals surface area contributed by atoms with Gasteiger partial charge in [0.05, 0.1) is 6.67 Å². The van der Waals surface area contributed by atoms with Gasteiger partial charge in [-0.15, -0.1) is 13.2 Å². The molecule has 0 spiro atoms. The Balaban J connectivity index is 1.34. The molecule has 1 aromatic rings. The van der Waals surface area contributed by atoms with Crippen molar-refractivity contribution in [2.75, 3.05) is 6.67 Å². The fourth-order valence-corrected chi connectivity index (χ4v) is 5.92. The number of halogens is 6. The highest BCUT2D eigenvalue weighted by Gasteiger charge is 2.35. The zero-order valence-electron chi connectivity index (χ0n) is 20.4. The Labute approximate surface area is 205 Å². The zero-order chi connectivity index (χ0) is 25.3. The summed E-state index contributed by atoms with van der Waals surface area (Å²) in [4.78, 5) is 0. The second-order valence-corrected chi connectivity index (χ2v) is 10.4. The lowest BCUT2D eigenvalue weighted by atomic mass is 9.74. The van der Waals surface area contributed by atoms with Crippen molar-refractivity contribution >= 4 is 0 Å². The maximum atomic E-state index is 14.1. The van der Waals surface area contributed by atoms with Crippen molar-refractivity contribution in [1.29, 1.82) is 0 Å². The third-order valence-electron chi connectivity index (χ3n) is 7.93. The van der Waals surface area contributed by atoms with Gasteiger partial charge in [0.1, 0.15) is 0 Å². The number of rotatable bonds is 11. The molecule has 0 aliphatic heterocycles. The maximum absolute atomic E-state index is 14.1. The molecular weight excluding hydrogens is 466 g/mol. The van der Waals surface area contributed by atoms with Crippen molar-refractivity contribution in [3.05, 3.63) is 41.5 Å². The minimum Gasteiger partial charge on any atom is -0.399 e. The van der Waals surface area contributed by atoms with Gasteiger partial charge in [-0.3, -0.25) is 4.39 Å². The van der Waals surface area contributed by atoms with Crippen LogP contribution in [-0.2, 0) is 0 Å². The largest absolute Gasteiger partial charge is 0.573 e. The highest BCUT2D eigenvalue weighted by molar-refractivity contribution is 5.33. The summed E-state index contributed by atoms with van der Waals surface area (Å²) in [5.41, 5.74) is 0.421. The molecule has 0 atom stereocenters. The fourth-order valence-electron chi connectivity index (χ4n) is 5.92. The van der Waals surface area contributed by atoms with E-state index in [2.05, 4.69) is 10.8 Å². The monoisotopic (exact) mass is 504 g/mol. The van der Waals surface area contributed by atoms with Gasteiger partial charge in [0.25, 0.3) is 0 Å². The van der Waals surface area contributed by atoms with E-state index in [-0.39, 0.29) is 12.6 Å². The lowest BCUT2D eigenvalue weighted by Crippen LogP contribution is -2.20. The standard InChI is InChI=1S/C28H38F6O/c29-17-5-3-1-2-4-6-20-7-9-21(10-8-20)11-12-22-13-15-23(16-14-22)24-18-25(30)27(26(31)19-24)35-28(32,33)34/h1,3,18-23H,2,4-17H2/t20-,21-,22-,23-. The Hall–Kier alpha value is -1.66. The number of hydrogen-bond donors (Lipinski definition) is 0. The van der Waals surface area contributed by atoms with Crippen molar-refractivity contribution in [3.63, 3.8) is 0 Å². The van der Waals surface area contributed by atoms with Gasteiger partial charge in [-0.25, -0.2) is 8.78 Å². The SMILES string of the molecule is FCCC=CCCC[C@H]1CC[C@H](CC[C@H]2CC[C@H](c3cc(F)c(OC(F)(F)F)c(F)c3)CC2)CC1. The van der Waals surface area contributed by atoms with Crippen LogP contribution >= 0.6 is 0 Å². The van der Waals surface area contributed by atoms with E-state index < -0.39 is 23.7 Å². The summed E-state index contributed by atoms with van der Waals surface area (Å²) < 4.78 is 80.8. The molecule has 0 saturated heterocycles. The molecule has 0 aromatic heterocycles. The lowest BCUT2D eigenvalue weighted by molar-refractivity contribution is -0.276. The van der Waals surface area contributed by atoms with Crippen LogP contribution in [0, 0.1) is 29.4 Å². The third kappa shape index (κ3) is 9.38. The molecule has 0 bridgehead atoms. The topological polar surface area (TPSA) is 9.23 Å². The second-order valence-electron chi connectivity index (χ2n) is 10.4. The predicted molar refractivity (Wildman–Crippen MR) is 126 cm³/mol. The molecule has 0 N–H and O–H groups in total. The Bertz CT molecular complexity index is 766. The second kappa shape index (κ2) is 13.6. The molecule has 2 aliphatic carbocycles. The average Bonchev–Trinajstić information content (AvgIpc) is 2.82. The first-order chi connectivity index (χ1) is 16.7. The third-order valence-corrected chi connectivity index (χ3v) is 7.93. The first-order valence-electron chi connectivity index (χ1n) is 13.2. The summed E-state index contributed by atoms with van der Waals surface area (Å²) in [6.07, 6.45) is 14.1. The Morgan fingerprint density at radius 2 is 1.23 bits per heavy atom. The van der Waals surface area contributed by atoms with Crippen molar-refractivity contribution in [3.8, 4) is 5.75 Å². The molecule has 1 aromatic carbocycles. The van der Waals surface area contributed by atoms with Gasteiger partial charge in [-0.1, -0.05) is 57.1 Å². The van der Waals surface area contributed by atoms with Crippen LogP contribution in [0.3, 0.4) is 0 Å². The van der Waals surface area contributed by atoms with Gasteiger partial charge in [-0.05, 0) is 86.3 Å². The van der Waals surface area contributed by atoms with Gasteiger partial charge >= 0.3 is 6.36 Å². The van der Waals surface area contributed by atoms with Crippen molar-refractivity contribution in [1.82, 2.24) is 0 Å². The van der Waals surface area contributed by atoms with Gasteiger partial charge in [0.2, 0.25) is 5.75 Å². The predicted octanol–water partition coefficient (Wildman–Crippen LogP) is 9.81. The Morgan fingerprint density at radius 3 is 1.74 bits per heavy atom. The van der Waals surface area contributed by atoms with E-state index in [0.29, 0.717) is 17.9 Å². The van der Waals surface area contributed by atoms with Gasteiger partial charge < -0.3 is 4.74 Å². The number of unbranched alkanes of at least 4 members (excludes halogenated alkanes) is 1. The molecule has 198 valence electrons. The lowest BCUT2D eigenvalue weighted by Gasteiger charge is -2.32. The van der Waals surface area contributed by atoms with E-state index in [0.717, 1.165) is 56.1 Å². The summed E-state index contributed by atoms with van der Waals surface area (Å²) >= 11 is 0. The summed E-state index contributed by atoms with van der Waals surface area (Å²) in [5, 5.41) is 0. The summed E-state index contributed by atoms with van der Waals surface area (Å²) in [7, 11) is 0. The van der Waals surface area contributed by atoms with E-state index in [1.807, 2.05) is 6.08 Å². The summed E-state index contributed by atoms with van der Waals surface area (Å²) in [5.74, 6) is -1.79. The van der Waals surface area contributed by atoms with Crippen LogP contribution < -0.4 is 4.74 Å². The van der Waals surface area contributed by atoms with Gasteiger partial charge in [0, 0.05) is 0 Å². The molecule has 2 fully saturated rings. The van der Waals surface area contributed by atoms with Crippen molar-refractivity contribution in [2.45, 2.75) is 102 Å². The molecule has 0 amide bonds. The zero-order valence-corrected chi connectivity index (χ0v) is 20.4. The first kappa shape index (κ1) is 27.9. The van der Waals surface area contributed by atoms with E-state index in [1.54, 1.807) is 0 Å². The van der Waals surface area contributed by atoms with Crippen LogP contribution in [0.2, 0.25) is 0 Å². The summed E-state index contributed by atoms with van der Waals surface area (Å²) in [6.45, 7) is -0.278. The van der Waals surface area contributed by atoms with Crippen LogP contribution in [0.5, 0.6) is 5.75 Å². The fraction of sp³-hybridized carbons (Fsp3) is 0.714. The number of hydrogen-bond acceptors (Lipinski definition) is 1. The minimum absolute atomic E-state index is 0.0301. The molecule has 2 aliphatic rings. The average molecular weight is 505 g/mol. The summed E-state index contributed by atoms with van der Waals surface area (Å²) in [6, 6.07) is 1.99. The van der Waals surface area contributed by atoms with Crippen LogP contribution in [0.4, 0.5) is 26.3 Å². The smallest absolute Gasteiger partial charge is 0.399 e. The highest BCUT2D eigenvalue weighted by atomic mass is 19.4. The van der Waals surface area contributed by atoms with E-state index >= 15 is 0 Å². The van der Waals surface area contributed by atoms with E-state index in [1.165, 1.54) is 51.4 Å². The Kier molecular flexibility index (Phi) is 10.8. The van der Waals surface area contributed by atoms with Crippen LogP contribution in [-0.4, -0.2) is 13.0 Å². The minimum atomic E-state index is -5.13. The molecule has 0 radical (unpaired) electrons. The number of ether oxygens (including phenoxy) is 1. The maximum Gasteiger partial charge on any atom is 0.573 e. The molecule has 0 unspecified atom stereocenters. The number of allylic oxidation sites excluding steroid dienone is 2. The molecule has 1 nitrogen and oxygen atoms in total. The number of benzene rings is 1. The molecular formula is C28H38F6O. The Morgan fingerprint density at radius 1 is 0.743 bits per heavy atom. The van der Waals surface area contributed by atoms with Crippen molar-refractivity contribution in [2.24, 2.45) is 17.8 Å². The molecule has 2 saturated carbocycles. The number of alkyl halides is 4. The van der Waals surface area contributed by atoms with E-state index in [9.17, 15) is 26.3 Å². The molecule has 35 heavy (non-hydrogen) atoms.